The van der Waals surface area contributed by atoms with Gasteiger partial charge in [0.1, 0.15) is 5.82 Å². The molecule has 0 saturated heterocycles. The van der Waals surface area contributed by atoms with Crippen LogP contribution in [-0.2, 0) is 10.0 Å². The van der Waals surface area contributed by atoms with Crippen LogP contribution in [0.2, 0.25) is 0 Å². The summed E-state index contributed by atoms with van der Waals surface area (Å²) in [6, 6.07) is 15.3. The number of aromatic nitrogens is 4. The van der Waals surface area contributed by atoms with Crippen molar-refractivity contribution in [2.45, 2.75) is 25.7 Å². The molecule has 0 aliphatic carbocycles. The molecule has 0 bridgehead atoms. The molecule has 2 heterocycles. The number of imidazole rings is 1. The number of carbonyl (C=O) groups excluding carboxylic acids is 1. The van der Waals surface area contributed by atoms with Gasteiger partial charge in [-0.05, 0) is 37.3 Å². The van der Waals surface area contributed by atoms with E-state index in [0.29, 0.717) is 30.5 Å². The third-order valence-corrected chi connectivity index (χ3v) is 7.14. The standard InChI is InChI=1S/C22H24N6O3S/c1-4-27(5-2)32(30,31)17-10-8-9-16(14-17)21(29)25-20-13-15(3)26-28(20)22-23-18-11-6-7-12-19(18)24-22/h6-14H,4-5H2,1-3H3,(H,23,24)(H,25,29). The smallest absolute Gasteiger partial charge is 0.256 e. The summed E-state index contributed by atoms with van der Waals surface area (Å²) >= 11 is 0. The number of benzene rings is 2. The van der Waals surface area contributed by atoms with Gasteiger partial charge in [0.2, 0.25) is 16.0 Å². The van der Waals surface area contributed by atoms with Crippen LogP contribution in [-0.4, -0.2) is 51.5 Å². The Hall–Kier alpha value is -3.50. The molecule has 9 nitrogen and oxygen atoms in total. The maximum Gasteiger partial charge on any atom is 0.256 e. The summed E-state index contributed by atoms with van der Waals surface area (Å²) in [4.78, 5) is 20.8. The van der Waals surface area contributed by atoms with Crippen molar-refractivity contribution in [2.75, 3.05) is 18.4 Å². The van der Waals surface area contributed by atoms with Crippen molar-refractivity contribution >= 4 is 32.8 Å². The van der Waals surface area contributed by atoms with E-state index in [0.717, 1.165) is 11.0 Å². The van der Waals surface area contributed by atoms with Crippen molar-refractivity contribution in [3.8, 4) is 5.95 Å². The van der Waals surface area contributed by atoms with E-state index in [-0.39, 0.29) is 10.5 Å². The molecule has 2 aromatic carbocycles. The Bertz CT molecular complexity index is 1350. The van der Waals surface area contributed by atoms with E-state index >= 15 is 0 Å². The third kappa shape index (κ3) is 4.02. The monoisotopic (exact) mass is 452 g/mol. The first-order valence-corrected chi connectivity index (χ1v) is 11.7. The molecule has 4 rings (SSSR count). The zero-order valence-corrected chi connectivity index (χ0v) is 18.8. The summed E-state index contributed by atoms with van der Waals surface area (Å²) in [5.74, 6) is 0.440. The van der Waals surface area contributed by atoms with Crippen LogP contribution < -0.4 is 5.32 Å². The van der Waals surface area contributed by atoms with Gasteiger partial charge >= 0.3 is 0 Å². The van der Waals surface area contributed by atoms with Crippen molar-refractivity contribution in [1.82, 2.24) is 24.1 Å². The van der Waals surface area contributed by atoms with Crippen LogP contribution in [0.3, 0.4) is 0 Å². The summed E-state index contributed by atoms with van der Waals surface area (Å²) < 4.78 is 28.5. The first-order valence-electron chi connectivity index (χ1n) is 10.3. The number of carbonyl (C=O) groups is 1. The molecule has 2 N–H and O–H groups in total. The molecule has 32 heavy (non-hydrogen) atoms. The summed E-state index contributed by atoms with van der Waals surface area (Å²) in [7, 11) is -3.67. The van der Waals surface area contributed by atoms with Crippen LogP contribution in [0.5, 0.6) is 0 Å². The topological polar surface area (TPSA) is 113 Å². The number of nitrogens with one attached hydrogen (secondary N) is 2. The number of para-hydroxylation sites is 2. The highest BCUT2D eigenvalue weighted by atomic mass is 32.2. The van der Waals surface area contributed by atoms with Crippen LogP contribution >= 0.6 is 0 Å². The van der Waals surface area contributed by atoms with Gasteiger partial charge in [0, 0.05) is 24.7 Å². The Morgan fingerprint density at radius 3 is 2.56 bits per heavy atom. The Balaban J connectivity index is 1.65. The van der Waals surface area contributed by atoms with Gasteiger partial charge in [0.05, 0.1) is 21.6 Å². The fourth-order valence-electron chi connectivity index (χ4n) is 3.49. The number of nitrogens with zero attached hydrogens (tertiary/aromatic N) is 4. The van der Waals surface area contributed by atoms with E-state index in [1.54, 1.807) is 32.0 Å². The summed E-state index contributed by atoms with van der Waals surface area (Å²) in [6.45, 7) is 6.07. The molecule has 0 aliphatic heterocycles. The average molecular weight is 453 g/mol. The predicted molar refractivity (Wildman–Crippen MR) is 122 cm³/mol. The molecular weight excluding hydrogens is 428 g/mol. The second kappa shape index (κ2) is 8.56. The zero-order valence-electron chi connectivity index (χ0n) is 18.0. The fourth-order valence-corrected chi connectivity index (χ4v) is 4.99. The van der Waals surface area contributed by atoms with Gasteiger partial charge in [0.25, 0.3) is 5.91 Å². The van der Waals surface area contributed by atoms with Crippen molar-refractivity contribution in [1.29, 1.82) is 0 Å². The largest absolute Gasteiger partial charge is 0.322 e. The van der Waals surface area contributed by atoms with Crippen molar-refractivity contribution in [3.63, 3.8) is 0 Å². The lowest BCUT2D eigenvalue weighted by Gasteiger charge is -2.18. The molecule has 2 aromatic heterocycles. The molecule has 0 radical (unpaired) electrons. The van der Waals surface area contributed by atoms with E-state index < -0.39 is 15.9 Å². The first kappa shape index (κ1) is 21.7. The number of aromatic amines is 1. The molecule has 10 heteroatoms. The lowest BCUT2D eigenvalue weighted by Crippen LogP contribution is -2.30. The van der Waals surface area contributed by atoms with Crippen LogP contribution in [0.1, 0.15) is 29.9 Å². The Kier molecular flexibility index (Phi) is 5.81. The number of amides is 1. The van der Waals surface area contributed by atoms with E-state index in [1.807, 2.05) is 31.2 Å². The van der Waals surface area contributed by atoms with Crippen LogP contribution in [0.25, 0.3) is 17.0 Å². The highest BCUT2D eigenvalue weighted by molar-refractivity contribution is 7.89. The van der Waals surface area contributed by atoms with E-state index in [2.05, 4.69) is 20.4 Å². The molecule has 0 saturated carbocycles. The van der Waals surface area contributed by atoms with E-state index in [4.69, 9.17) is 0 Å². The van der Waals surface area contributed by atoms with Gasteiger partial charge in [-0.2, -0.15) is 14.1 Å². The number of hydrogen-bond donors (Lipinski definition) is 2. The number of fused-ring (bicyclic) bond motifs is 1. The van der Waals surface area contributed by atoms with Gasteiger partial charge in [-0.3, -0.25) is 4.79 Å². The molecule has 0 atom stereocenters. The molecule has 0 fully saturated rings. The lowest BCUT2D eigenvalue weighted by atomic mass is 10.2. The van der Waals surface area contributed by atoms with Crippen molar-refractivity contribution in [3.05, 3.63) is 65.9 Å². The molecule has 1 amide bonds. The number of aryl methyl sites for hydroxylation is 1. The Morgan fingerprint density at radius 1 is 1.09 bits per heavy atom. The maximum atomic E-state index is 13.0. The first-order chi connectivity index (χ1) is 15.3. The quantitative estimate of drug-likeness (QED) is 0.447. The summed E-state index contributed by atoms with van der Waals surface area (Å²) in [5.41, 5.74) is 2.55. The normalized spacial score (nSPS) is 11.9. The van der Waals surface area contributed by atoms with E-state index in [1.165, 1.54) is 21.1 Å². The second-order valence-electron chi connectivity index (χ2n) is 7.23. The molecule has 0 spiro atoms. The van der Waals surface area contributed by atoms with Gasteiger partial charge in [-0.1, -0.05) is 32.0 Å². The van der Waals surface area contributed by atoms with Gasteiger partial charge < -0.3 is 10.3 Å². The number of sulfonamides is 1. The highest BCUT2D eigenvalue weighted by Gasteiger charge is 2.23. The Labute approximate surface area is 186 Å². The summed E-state index contributed by atoms with van der Waals surface area (Å²) in [6.07, 6.45) is 0. The number of hydrogen-bond acceptors (Lipinski definition) is 5. The number of rotatable bonds is 7. The molecule has 4 aromatic rings. The van der Waals surface area contributed by atoms with Gasteiger partial charge in [0.15, 0.2) is 0 Å². The molecule has 0 aliphatic rings. The number of H-pyrrole nitrogens is 1. The summed E-state index contributed by atoms with van der Waals surface area (Å²) in [5, 5.41) is 7.25. The maximum absolute atomic E-state index is 13.0. The van der Waals surface area contributed by atoms with Crippen LogP contribution in [0, 0.1) is 6.92 Å². The fraction of sp³-hybridized carbons (Fsp3) is 0.227. The minimum atomic E-state index is -3.67. The van der Waals surface area contributed by atoms with Crippen LogP contribution in [0.15, 0.2) is 59.5 Å². The minimum Gasteiger partial charge on any atom is -0.322 e. The zero-order chi connectivity index (χ0) is 22.9. The van der Waals surface area contributed by atoms with Crippen molar-refractivity contribution in [2.24, 2.45) is 0 Å². The molecule has 0 unspecified atom stereocenters. The highest BCUT2D eigenvalue weighted by Crippen LogP contribution is 2.21. The second-order valence-corrected chi connectivity index (χ2v) is 9.17. The van der Waals surface area contributed by atoms with Crippen LogP contribution in [0.4, 0.5) is 5.82 Å². The van der Waals surface area contributed by atoms with E-state index in [9.17, 15) is 13.2 Å². The van der Waals surface area contributed by atoms with Crippen molar-refractivity contribution < 1.29 is 13.2 Å². The number of anilines is 1. The minimum absolute atomic E-state index is 0.0795. The Morgan fingerprint density at radius 2 is 1.84 bits per heavy atom. The SMILES string of the molecule is CCN(CC)S(=O)(=O)c1cccc(C(=O)Nc2cc(C)nn2-c2nc3ccccc3[nH]2)c1. The molecular formula is C22H24N6O3S. The van der Waals surface area contributed by atoms with Gasteiger partial charge in [-0.15, -0.1) is 0 Å². The predicted octanol–water partition coefficient (Wildman–Crippen LogP) is 3.34. The average Bonchev–Trinajstić information content (AvgIpc) is 3.37. The molecule has 166 valence electrons. The van der Waals surface area contributed by atoms with Gasteiger partial charge in [-0.25, -0.2) is 13.4 Å². The third-order valence-electron chi connectivity index (χ3n) is 5.09. The lowest BCUT2D eigenvalue weighted by molar-refractivity contribution is 0.102.